The predicted octanol–water partition coefficient (Wildman–Crippen LogP) is 3.58. The zero-order valence-corrected chi connectivity index (χ0v) is 13.0. The van der Waals surface area contributed by atoms with Gasteiger partial charge in [-0.3, -0.25) is 9.48 Å². The highest BCUT2D eigenvalue weighted by Gasteiger charge is 2.34. The van der Waals surface area contributed by atoms with Crippen molar-refractivity contribution in [3.63, 3.8) is 0 Å². The fraction of sp³-hybridized carbons (Fsp3) is 0.500. The third kappa shape index (κ3) is 3.63. The van der Waals surface area contributed by atoms with E-state index in [0.717, 1.165) is 31.7 Å². The van der Waals surface area contributed by atoms with E-state index in [-0.39, 0.29) is 18.5 Å². The van der Waals surface area contributed by atoms with Crippen molar-refractivity contribution < 1.29 is 22.4 Å². The largest absolute Gasteiger partial charge is 0.472 e. The molecule has 0 radical (unpaired) electrons. The first-order chi connectivity index (χ1) is 11.4. The number of alkyl halides is 3. The van der Waals surface area contributed by atoms with Crippen LogP contribution in [0.5, 0.6) is 0 Å². The van der Waals surface area contributed by atoms with Crippen molar-refractivity contribution in [1.29, 1.82) is 0 Å². The summed E-state index contributed by atoms with van der Waals surface area (Å²) in [5.41, 5.74) is -0.463. The zero-order valence-electron chi connectivity index (χ0n) is 13.0. The van der Waals surface area contributed by atoms with Gasteiger partial charge in [-0.2, -0.15) is 18.3 Å². The van der Waals surface area contributed by atoms with Crippen LogP contribution in [0.4, 0.5) is 13.2 Å². The second-order valence-electron chi connectivity index (χ2n) is 5.91. The van der Waals surface area contributed by atoms with E-state index >= 15 is 0 Å². The maximum Gasteiger partial charge on any atom is 0.435 e. The lowest BCUT2D eigenvalue weighted by atomic mass is 10.1. The van der Waals surface area contributed by atoms with Gasteiger partial charge in [-0.1, -0.05) is 12.8 Å². The average molecular weight is 341 g/mol. The van der Waals surface area contributed by atoms with E-state index in [0.29, 0.717) is 12.1 Å². The Morgan fingerprint density at radius 1 is 1.33 bits per heavy atom. The van der Waals surface area contributed by atoms with Crippen LogP contribution in [-0.4, -0.2) is 33.2 Å². The van der Waals surface area contributed by atoms with E-state index in [2.05, 4.69) is 5.10 Å². The van der Waals surface area contributed by atoms with Crippen LogP contribution in [0.3, 0.4) is 0 Å². The number of carbonyl (C=O) groups excluding carboxylic acids is 1. The molecule has 2 aromatic heterocycles. The molecule has 0 atom stereocenters. The summed E-state index contributed by atoms with van der Waals surface area (Å²) in [6, 6.07) is 2.66. The summed E-state index contributed by atoms with van der Waals surface area (Å²) < 4.78 is 44.0. The molecule has 0 N–H and O–H groups in total. The van der Waals surface area contributed by atoms with Gasteiger partial charge in [0.1, 0.15) is 6.26 Å². The number of nitrogens with zero attached hydrogens (tertiary/aromatic N) is 3. The number of halogens is 3. The van der Waals surface area contributed by atoms with Gasteiger partial charge in [0.2, 0.25) is 0 Å². The van der Waals surface area contributed by atoms with Crippen LogP contribution in [0.2, 0.25) is 0 Å². The van der Waals surface area contributed by atoms with Crippen LogP contribution in [0.1, 0.15) is 41.7 Å². The van der Waals surface area contributed by atoms with Gasteiger partial charge in [-0.25, -0.2) is 0 Å². The van der Waals surface area contributed by atoms with Crippen LogP contribution in [0.25, 0.3) is 0 Å². The van der Waals surface area contributed by atoms with Gasteiger partial charge in [0, 0.05) is 18.8 Å². The maximum atomic E-state index is 12.6. The second-order valence-corrected chi connectivity index (χ2v) is 5.91. The highest BCUT2D eigenvalue weighted by molar-refractivity contribution is 5.94. The molecule has 2 aromatic rings. The normalized spacial score (nSPS) is 15.8. The summed E-state index contributed by atoms with van der Waals surface area (Å²) in [6.45, 7) is 0.532. The molecule has 1 fully saturated rings. The smallest absolute Gasteiger partial charge is 0.435 e. The summed E-state index contributed by atoms with van der Waals surface area (Å²) in [4.78, 5) is 14.4. The van der Waals surface area contributed by atoms with Crippen molar-refractivity contribution in [1.82, 2.24) is 14.7 Å². The highest BCUT2D eigenvalue weighted by Crippen LogP contribution is 2.28. The van der Waals surface area contributed by atoms with Gasteiger partial charge in [-0.05, 0) is 25.0 Å². The first-order valence-electron chi connectivity index (χ1n) is 7.89. The Labute approximate surface area is 137 Å². The first-order valence-corrected chi connectivity index (χ1v) is 7.89. The molecule has 0 unspecified atom stereocenters. The first kappa shape index (κ1) is 16.6. The molecule has 3 rings (SSSR count). The Hall–Kier alpha value is -2.25. The lowest BCUT2D eigenvalue weighted by Gasteiger charge is -2.28. The van der Waals surface area contributed by atoms with E-state index in [1.165, 1.54) is 23.4 Å². The van der Waals surface area contributed by atoms with Gasteiger partial charge in [-0.15, -0.1) is 0 Å². The number of amides is 1. The summed E-state index contributed by atoms with van der Waals surface area (Å²) in [6.07, 6.45) is 3.59. The molecule has 130 valence electrons. The van der Waals surface area contributed by atoms with Crippen LogP contribution < -0.4 is 0 Å². The number of hydrogen-bond donors (Lipinski definition) is 0. The van der Waals surface area contributed by atoms with Crippen molar-refractivity contribution >= 4 is 5.91 Å². The van der Waals surface area contributed by atoms with E-state index < -0.39 is 11.9 Å². The monoisotopic (exact) mass is 341 g/mol. The van der Waals surface area contributed by atoms with Crippen molar-refractivity contribution in [3.05, 3.63) is 42.1 Å². The summed E-state index contributed by atoms with van der Waals surface area (Å²) in [5, 5.41) is 3.54. The minimum Gasteiger partial charge on any atom is -0.472 e. The summed E-state index contributed by atoms with van der Waals surface area (Å²) in [5.74, 6) is -0.154. The maximum absolute atomic E-state index is 12.6. The molecule has 0 spiro atoms. The van der Waals surface area contributed by atoms with Gasteiger partial charge < -0.3 is 9.32 Å². The molecule has 0 aliphatic heterocycles. The second kappa shape index (κ2) is 6.70. The Morgan fingerprint density at radius 3 is 2.67 bits per heavy atom. The van der Waals surface area contributed by atoms with E-state index in [1.54, 1.807) is 11.0 Å². The molecule has 8 heteroatoms. The minimum atomic E-state index is -4.46. The standard InChI is InChI=1S/C16H18F3N3O2/c17-16(18,19)14-5-7-21(20-14)8-9-22(13-3-1-2-4-13)15(23)12-6-10-24-11-12/h5-7,10-11,13H,1-4,8-9H2. The number of hydrogen-bond acceptors (Lipinski definition) is 3. The number of aromatic nitrogens is 2. The molecule has 1 aliphatic rings. The fourth-order valence-corrected chi connectivity index (χ4v) is 3.07. The molecular weight excluding hydrogens is 323 g/mol. The summed E-state index contributed by atoms with van der Waals surface area (Å²) in [7, 11) is 0. The molecule has 1 saturated carbocycles. The molecule has 5 nitrogen and oxygen atoms in total. The topological polar surface area (TPSA) is 51.3 Å². The molecular formula is C16H18F3N3O2. The van der Waals surface area contributed by atoms with E-state index in [1.807, 2.05) is 0 Å². The third-order valence-electron chi connectivity index (χ3n) is 4.30. The van der Waals surface area contributed by atoms with Gasteiger partial charge in [0.25, 0.3) is 5.91 Å². The van der Waals surface area contributed by atoms with Crippen molar-refractivity contribution in [2.24, 2.45) is 0 Å². The molecule has 1 amide bonds. The molecule has 0 saturated heterocycles. The molecule has 1 aliphatic carbocycles. The molecule has 24 heavy (non-hydrogen) atoms. The zero-order chi connectivity index (χ0) is 17.2. The van der Waals surface area contributed by atoms with Gasteiger partial charge in [0.05, 0.1) is 18.4 Å². The minimum absolute atomic E-state index is 0.116. The van der Waals surface area contributed by atoms with Crippen LogP contribution in [0, 0.1) is 0 Å². The highest BCUT2D eigenvalue weighted by atomic mass is 19.4. The Bertz CT molecular complexity index is 673. The van der Waals surface area contributed by atoms with Crippen molar-refractivity contribution in [3.8, 4) is 0 Å². The lowest BCUT2D eigenvalue weighted by molar-refractivity contribution is -0.141. The van der Waals surface area contributed by atoms with Gasteiger partial charge >= 0.3 is 6.18 Å². The summed E-state index contributed by atoms with van der Waals surface area (Å²) >= 11 is 0. The van der Waals surface area contributed by atoms with Crippen molar-refractivity contribution in [2.75, 3.05) is 6.54 Å². The Morgan fingerprint density at radius 2 is 2.08 bits per heavy atom. The van der Waals surface area contributed by atoms with Crippen molar-refractivity contribution in [2.45, 2.75) is 44.4 Å². The molecule has 0 aromatic carbocycles. The van der Waals surface area contributed by atoms with Crippen LogP contribution in [0.15, 0.2) is 35.3 Å². The van der Waals surface area contributed by atoms with Crippen LogP contribution in [-0.2, 0) is 12.7 Å². The van der Waals surface area contributed by atoms with E-state index in [9.17, 15) is 18.0 Å². The van der Waals surface area contributed by atoms with E-state index in [4.69, 9.17) is 4.42 Å². The Balaban J connectivity index is 1.70. The number of furan rings is 1. The number of rotatable bonds is 5. The molecule has 0 bridgehead atoms. The predicted molar refractivity (Wildman–Crippen MR) is 79.2 cm³/mol. The SMILES string of the molecule is O=C(c1ccoc1)N(CCn1ccc(C(F)(F)F)n1)C1CCCC1. The number of carbonyl (C=O) groups is 1. The quantitative estimate of drug-likeness (QED) is 0.835. The average Bonchev–Trinajstić information content (AvgIpc) is 3.28. The van der Waals surface area contributed by atoms with Crippen LogP contribution >= 0.6 is 0 Å². The lowest BCUT2D eigenvalue weighted by Crippen LogP contribution is -2.40. The van der Waals surface area contributed by atoms with Gasteiger partial charge in [0.15, 0.2) is 5.69 Å². The fourth-order valence-electron chi connectivity index (χ4n) is 3.07. The third-order valence-corrected chi connectivity index (χ3v) is 4.30. The molecule has 2 heterocycles. The Kier molecular flexibility index (Phi) is 4.64.